The fraction of sp³-hybridized carbons (Fsp3) is 0.667. The second kappa shape index (κ2) is 13.8. The summed E-state index contributed by atoms with van der Waals surface area (Å²) in [5, 5.41) is 17.2. The number of carboxylic acids is 1. The predicted octanol–water partition coefficient (Wildman–Crippen LogP) is -0.116. The van der Waals surface area contributed by atoms with Crippen molar-refractivity contribution >= 4 is 35.5 Å². The molecule has 33 heavy (non-hydrogen) atoms. The molecule has 3 amide bonds. The normalized spacial score (nSPS) is 14.9. The summed E-state index contributed by atoms with van der Waals surface area (Å²) in [6.45, 7) is 7.06. The molecule has 1 aromatic heterocycles. The maximum Gasteiger partial charge on any atom is 0.326 e. The molecule has 0 aliphatic heterocycles. The van der Waals surface area contributed by atoms with E-state index >= 15 is 0 Å². The van der Waals surface area contributed by atoms with Gasteiger partial charge in [0.25, 0.3) is 0 Å². The van der Waals surface area contributed by atoms with Crippen LogP contribution in [0.1, 0.15) is 39.8 Å². The Morgan fingerprint density at radius 1 is 1.03 bits per heavy atom. The molecule has 0 saturated heterocycles. The largest absolute Gasteiger partial charge is 0.480 e. The molecule has 186 valence electrons. The number of aromatic amines is 1. The molecule has 0 saturated carbocycles. The van der Waals surface area contributed by atoms with Crippen molar-refractivity contribution < 1.29 is 24.3 Å². The van der Waals surface area contributed by atoms with Gasteiger partial charge < -0.3 is 31.8 Å². The number of carbonyl (C=O) groups is 4. The number of H-pyrrole nitrogens is 1. The van der Waals surface area contributed by atoms with Crippen LogP contribution in [-0.4, -0.2) is 74.9 Å². The number of rotatable bonds is 14. The van der Waals surface area contributed by atoms with Crippen LogP contribution in [0.15, 0.2) is 12.5 Å². The number of carboxylic acid groups (broad SMARTS) is 1. The van der Waals surface area contributed by atoms with Gasteiger partial charge in [-0.05, 0) is 30.3 Å². The van der Waals surface area contributed by atoms with Crippen molar-refractivity contribution in [1.82, 2.24) is 25.9 Å². The highest BCUT2D eigenvalue weighted by Gasteiger charge is 2.32. The monoisotopic (exact) mass is 484 g/mol. The summed E-state index contributed by atoms with van der Waals surface area (Å²) in [6, 6.07) is -3.87. The Morgan fingerprint density at radius 3 is 2.15 bits per heavy atom. The fourth-order valence-electron chi connectivity index (χ4n) is 2.94. The second-order valence-electron chi connectivity index (χ2n) is 8.52. The van der Waals surface area contributed by atoms with Gasteiger partial charge in [-0.2, -0.15) is 11.8 Å². The minimum Gasteiger partial charge on any atom is -0.480 e. The van der Waals surface area contributed by atoms with Crippen LogP contribution in [0.3, 0.4) is 0 Å². The Morgan fingerprint density at radius 2 is 1.67 bits per heavy atom. The van der Waals surface area contributed by atoms with Crippen molar-refractivity contribution in [2.45, 2.75) is 64.7 Å². The molecule has 4 unspecified atom stereocenters. The number of hydrogen-bond acceptors (Lipinski definition) is 7. The van der Waals surface area contributed by atoms with E-state index in [2.05, 4.69) is 25.9 Å². The lowest BCUT2D eigenvalue weighted by molar-refractivity contribution is -0.142. The van der Waals surface area contributed by atoms with Crippen LogP contribution < -0.4 is 21.7 Å². The van der Waals surface area contributed by atoms with Gasteiger partial charge in [-0.1, -0.05) is 27.7 Å². The number of amides is 3. The highest BCUT2D eigenvalue weighted by atomic mass is 32.2. The lowest BCUT2D eigenvalue weighted by atomic mass is 10.0. The van der Waals surface area contributed by atoms with Crippen LogP contribution in [0, 0.1) is 11.8 Å². The number of nitrogens with zero attached hydrogens (tertiary/aromatic N) is 1. The topological polar surface area (TPSA) is 179 Å². The van der Waals surface area contributed by atoms with E-state index in [-0.39, 0.29) is 24.7 Å². The molecule has 0 bridgehead atoms. The average Bonchev–Trinajstić information content (AvgIpc) is 3.25. The molecule has 0 radical (unpaired) electrons. The number of aromatic nitrogens is 2. The molecular weight excluding hydrogens is 448 g/mol. The summed E-state index contributed by atoms with van der Waals surface area (Å²) >= 11 is 1.47. The van der Waals surface area contributed by atoms with Crippen LogP contribution in [0.2, 0.25) is 0 Å². The van der Waals surface area contributed by atoms with Crippen LogP contribution in [-0.2, 0) is 25.6 Å². The first-order valence-electron chi connectivity index (χ1n) is 10.8. The van der Waals surface area contributed by atoms with E-state index in [4.69, 9.17) is 5.73 Å². The highest BCUT2D eigenvalue weighted by Crippen LogP contribution is 2.08. The number of thioether (sulfide) groups is 1. The molecule has 11 nitrogen and oxygen atoms in total. The molecule has 0 aliphatic rings. The van der Waals surface area contributed by atoms with Crippen molar-refractivity contribution in [3.8, 4) is 0 Å². The third-order valence-corrected chi connectivity index (χ3v) is 5.75. The van der Waals surface area contributed by atoms with E-state index in [1.54, 1.807) is 27.7 Å². The van der Waals surface area contributed by atoms with Crippen molar-refractivity contribution in [3.05, 3.63) is 18.2 Å². The van der Waals surface area contributed by atoms with Crippen molar-refractivity contribution in [2.24, 2.45) is 17.6 Å². The van der Waals surface area contributed by atoms with E-state index < -0.39 is 47.9 Å². The van der Waals surface area contributed by atoms with E-state index in [9.17, 15) is 24.3 Å². The van der Waals surface area contributed by atoms with Crippen molar-refractivity contribution in [2.75, 3.05) is 12.0 Å². The summed E-state index contributed by atoms with van der Waals surface area (Å²) < 4.78 is 0. The highest BCUT2D eigenvalue weighted by molar-refractivity contribution is 7.98. The first-order chi connectivity index (χ1) is 15.5. The van der Waals surface area contributed by atoms with Gasteiger partial charge in [0.05, 0.1) is 12.4 Å². The Balaban J connectivity index is 2.99. The number of nitrogens with one attached hydrogen (secondary N) is 4. The minimum absolute atomic E-state index is 0.111. The predicted molar refractivity (Wildman–Crippen MR) is 126 cm³/mol. The molecule has 0 aliphatic carbocycles. The van der Waals surface area contributed by atoms with Gasteiger partial charge >= 0.3 is 5.97 Å². The summed E-state index contributed by atoms with van der Waals surface area (Å²) in [4.78, 5) is 56.8. The van der Waals surface area contributed by atoms with Crippen LogP contribution in [0.5, 0.6) is 0 Å². The van der Waals surface area contributed by atoms with Crippen molar-refractivity contribution in [1.29, 1.82) is 0 Å². The first kappa shape index (κ1) is 28.4. The zero-order chi connectivity index (χ0) is 25.1. The Kier molecular flexibility index (Phi) is 11.9. The maximum atomic E-state index is 13.1. The fourth-order valence-corrected chi connectivity index (χ4v) is 3.41. The Bertz CT molecular complexity index is 786. The van der Waals surface area contributed by atoms with Gasteiger partial charge in [0, 0.05) is 18.3 Å². The number of carbonyl (C=O) groups excluding carboxylic acids is 3. The molecule has 0 fully saturated rings. The maximum absolute atomic E-state index is 13.1. The van der Waals surface area contributed by atoms with E-state index in [0.29, 0.717) is 11.4 Å². The molecule has 1 rings (SSSR count). The molecule has 0 aromatic carbocycles. The Hall–Kier alpha value is -2.60. The Labute approximate surface area is 198 Å². The quantitative estimate of drug-likeness (QED) is 0.211. The summed E-state index contributed by atoms with van der Waals surface area (Å²) in [6.07, 6.45) is 5.20. The standard InChI is InChI=1S/C21H36N6O5S/c1-11(2)16(22)19(29)26-15(8-13-9-23-10-24-13)18(28)27-17(12(3)4)20(30)25-14(21(31)32)6-7-33-5/h9-12,14-17H,6-8,22H2,1-5H3,(H,23,24)(H,25,30)(H,26,29)(H,27,28)(H,31,32). The number of nitrogens with two attached hydrogens (primary N) is 1. The number of aliphatic carboxylic acids is 1. The molecule has 1 heterocycles. The minimum atomic E-state index is -1.14. The number of hydrogen-bond donors (Lipinski definition) is 6. The third-order valence-electron chi connectivity index (χ3n) is 5.10. The second-order valence-corrected chi connectivity index (χ2v) is 9.51. The van der Waals surface area contributed by atoms with E-state index in [0.717, 1.165) is 0 Å². The summed E-state index contributed by atoms with van der Waals surface area (Å²) in [5.74, 6) is -2.72. The zero-order valence-corrected chi connectivity index (χ0v) is 20.6. The van der Waals surface area contributed by atoms with Crippen LogP contribution in [0.4, 0.5) is 0 Å². The average molecular weight is 485 g/mol. The molecule has 12 heteroatoms. The van der Waals surface area contributed by atoms with Crippen LogP contribution in [0.25, 0.3) is 0 Å². The van der Waals surface area contributed by atoms with Gasteiger partial charge in [0.2, 0.25) is 17.7 Å². The molecule has 7 N–H and O–H groups in total. The summed E-state index contributed by atoms with van der Waals surface area (Å²) in [5.41, 5.74) is 6.53. The third kappa shape index (κ3) is 9.42. The van der Waals surface area contributed by atoms with Gasteiger partial charge in [0.1, 0.15) is 18.1 Å². The smallest absolute Gasteiger partial charge is 0.326 e. The molecular formula is C21H36N6O5S. The van der Waals surface area contributed by atoms with Gasteiger partial charge in [-0.25, -0.2) is 9.78 Å². The van der Waals surface area contributed by atoms with Crippen LogP contribution >= 0.6 is 11.8 Å². The van der Waals surface area contributed by atoms with Gasteiger partial charge in [-0.15, -0.1) is 0 Å². The number of imidazole rings is 1. The SMILES string of the molecule is CSCCC(NC(=O)C(NC(=O)C(Cc1cnc[nH]1)NC(=O)C(N)C(C)C)C(C)C)C(=O)O. The van der Waals surface area contributed by atoms with E-state index in [1.165, 1.54) is 24.3 Å². The van der Waals surface area contributed by atoms with Gasteiger partial charge in [0.15, 0.2) is 0 Å². The van der Waals surface area contributed by atoms with E-state index in [1.807, 2.05) is 6.26 Å². The first-order valence-corrected chi connectivity index (χ1v) is 12.2. The van der Waals surface area contributed by atoms with Crippen molar-refractivity contribution in [3.63, 3.8) is 0 Å². The molecule has 4 atom stereocenters. The summed E-state index contributed by atoms with van der Waals surface area (Å²) in [7, 11) is 0. The van der Waals surface area contributed by atoms with Gasteiger partial charge in [-0.3, -0.25) is 14.4 Å². The molecule has 1 aromatic rings. The molecule has 0 spiro atoms. The zero-order valence-electron chi connectivity index (χ0n) is 19.8. The lowest BCUT2D eigenvalue weighted by Crippen LogP contribution is -2.59. The lowest BCUT2D eigenvalue weighted by Gasteiger charge is -2.27.